The maximum atomic E-state index is 12.4. The Hall–Kier alpha value is -2.36. The number of benzene rings is 1. The number of aryl methyl sites for hydroxylation is 2. The second kappa shape index (κ2) is 7.95. The standard InChI is InChI=1S/C20H24N2O2/c1-2-19(20(23)22-14-15-9-11-21-12-10-15)24-18-8-7-16-5-3-4-6-17(16)13-18/h7-13,19H,2-6,14H2,1H3,(H,22,23)/t19-/m0/s1. The highest BCUT2D eigenvalue weighted by molar-refractivity contribution is 5.81. The third kappa shape index (κ3) is 4.13. The molecule has 4 nitrogen and oxygen atoms in total. The summed E-state index contributed by atoms with van der Waals surface area (Å²) in [6.07, 6.45) is 8.39. The van der Waals surface area contributed by atoms with Crippen molar-refractivity contribution in [2.24, 2.45) is 0 Å². The fourth-order valence-corrected chi connectivity index (χ4v) is 3.07. The van der Waals surface area contributed by atoms with E-state index in [-0.39, 0.29) is 5.91 Å². The quantitative estimate of drug-likeness (QED) is 0.885. The van der Waals surface area contributed by atoms with Gasteiger partial charge in [0.1, 0.15) is 5.75 Å². The molecule has 0 aliphatic heterocycles. The maximum absolute atomic E-state index is 12.4. The van der Waals surface area contributed by atoms with Gasteiger partial charge in [-0.15, -0.1) is 0 Å². The lowest BCUT2D eigenvalue weighted by Gasteiger charge is -2.20. The van der Waals surface area contributed by atoms with E-state index in [2.05, 4.69) is 22.4 Å². The van der Waals surface area contributed by atoms with Gasteiger partial charge in [0.05, 0.1) is 0 Å². The van der Waals surface area contributed by atoms with Crippen LogP contribution in [0.25, 0.3) is 0 Å². The molecule has 1 aliphatic carbocycles. The summed E-state index contributed by atoms with van der Waals surface area (Å²) >= 11 is 0. The number of fused-ring (bicyclic) bond motifs is 1. The van der Waals surface area contributed by atoms with Crippen molar-refractivity contribution in [3.63, 3.8) is 0 Å². The highest BCUT2D eigenvalue weighted by Gasteiger charge is 2.19. The first kappa shape index (κ1) is 16.5. The summed E-state index contributed by atoms with van der Waals surface area (Å²) in [6.45, 7) is 2.46. The van der Waals surface area contributed by atoms with Crippen molar-refractivity contribution < 1.29 is 9.53 Å². The Morgan fingerprint density at radius 1 is 1.17 bits per heavy atom. The summed E-state index contributed by atoms with van der Waals surface area (Å²) < 4.78 is 5.96. The van der Waals surface area contributed by atoms with E-state index in [1.165, 1.54) is 24.0 Å². The van der Waals surface area contributed by atoms with E-state index in [0.717, 1.165) is 24.2 Å². The van der Waals surface area contributed by atoms with Gasteiger partial charge >= 0.3 is 0 Å². The lowest BCUT2D eigenvalue weighted by atomic mass is 9.92. The number of carbonyl (C=O) groups is 1. The predicted molar refractivity (Wildman–Crippen MR) is 93.9 cm³/mol. The summed E-state index contributed by atoms with van der Waals surface area (Å²) in [6, 6.07) is 10.0. The molecule has 0 saturated carbocycles. The molecule has 126 valence electrons. The van der Waals surface area contributed by atoms with E-state index in [9.17, 15) is 4.79 Å². The lowest BCUT2D eigenvalue weighted by Crippen LogP contribution is -2.37. The van der Waals surface area contributed by atoms with Gasteiger partial charge in [0, 0.05) is 18.9 Å². The van der Waals surface area contributed by atoms with Crippen molar-refractivity contribution in [1.29, 1.82) is 0 Å². The van der Waals surface area contributed by atoms with Crippen LogP contribution < -0.4 is 10.1 Å². The van der Waals surface area contributed by atoms with Crippen molar-refractivity contribution in [2.75, 3.05) is 0 Å². The van der Waals surface area contributed by atoms with Crippen LogP contribution in [0.4, 0.5) is 0 Å². The Bertz CT molecular complexity index is 685. The largest absolute Gasteiger partial charge is 0.481 e. The van der Waals surface area contributed by atoms with Crippen molar-refractivity contribution in [3.05, 3.63) is 59.4 Å². The van der Waals surface area contributed by atoms with Crippen LogP contribution in [0, 0.1) is 0 Å². The van der Waals surface area contributed by atoms with Gasteiger partial charge in [0.15, 0.2) is 6.10 Å². The molecule has 0 fully saturated rings. The van der Waals surface area contributed by atoms with Gasteiger partial charge in [-0.05, 0) is 73.1 Å². The molecule has 1 aromatic heterocycles. The average molecular weight is 324 g/mol. The van der Waals surface area contributed by atoms with Crippen LogP contribution in [-0.2, 0) is 24.2 Å². The topological polar surface area (TPSA) is 51.2 Å². The van der Waals surface area contributed by atoms with Crippen molar-refractivity contribution in [1.82, 2.24) is 10.3 Å². The molecule has 24 heavy (non-hydrogen) atoms. The molecule has 1 N–H and O–H groups in total. The zero-order valence-corrected chi connectivity index (χ0v) is 14.1. The Morgan fingerprint density at radius 2 is 1.92 bits per heavy atom. The van der Waals surface area contributed by atoms with Gasteiger partial charge < -0.3 is 10.1 Å². The number of rotatable bonds is 6. The van der Waals surface area contributed by atoms with Crippen LogP contribution in [0.2, 0.25) is 0 Å². The Balaban J connectivity index is 1.60. The molecule has 1 amide bonds. The van der Waals surface area contributed by atoms with Crippen LogP contribution in [0.3, 0.4) is 0 Å². The number of aromatic nitrogens is 1. The molecule has 4 heteroatoms. The van der Waals surface area contributed by atoms with E-state index in [4.69, 9.17) is 4.74 Å². The van der Waals surface area contributed by atoms with E-state index in [1.54, 1.807) is 12.4 Å². The summed E-state index contributed by atoms with van der Waals surface area (Å²) in [5.74, 6) is 0.716. The van der Waals surface area contributed by atoms with Crippen molar-refractivity contribution in [3.8, 4) is 5.75 Å². The molecular formula is C20H24N2O2. The molecule has 1 atom stereocenters. The smallest absolute Gasteiger partial charge is 0.261 e. The number of carbonyl (C=O) groups excluding carboxylic acids is 1. The summed E-state index contributed by atoms with van der Waals surface area (Å²) in [5.41, 5.74) is 3.82. The third-order valence-electron chi connectivity index (χ3n) is 4.48. The molecule has 2 aromatic rings. The maximum Gasteiger partial charge on any atom is 0.261 e. The molecule has 0 unspecified atom stereocenters. The van der Waals surface area contributed by atoms with Crippen molar-refractivity contribution >= 4 is 5.91 Å². The first-order valence-electron chi connectivity index (χ1n) is 8.71. The fourth-order valence-electron chi connectivity index (χ4n) is 3.07. The van der Waals surface area contributed by atoms with Gasteiger partial charge in [0.25, 0.3) is 5.91 Å². The number of hydrogen-bond acceptors (Lipinski definition) is 3. The summed E-state index contributed by atoms with van der Waals surface area (Å²) in [7, 11) is 0. The second-order valence-electron chi connectivity index (χ2n) is 6.23. The minimum absolute atomic E-state index is 0.0768. The third-order valence-corrected chi connectivity index (χ3v) is 4.48. The Kier molecular flexibility index (Phi) is 5.47. The molecule has 0 saturated heterocycles. The highest BCUT2D eigenvalue weighted by Crippen LogP contribution is 2.26. The molecule has 1 aromatic carbocycles. The average Bonchev–Trinajstić information content (AvgIpc) is 2.65. The summed E-state index contributed by atoms with van der Waals surface area (Å²) in [5, 5.41) is 2.94. The van der Waals surface area contributed by atoms with Gasteiger partial charge in [0.2, 0.25) is 0 Å². The van der Waals surface area contributed by atoms with Gasteiger partial charge in [-0.2, -0.15) is 0 Å². The lowest BCUT2D eigenvalue weighted by molar-refractivity contribution is -0.128. The number of amides is 1. The van der Waals surface area contributed by atoms with Gasteiger partial charge in [-0.25, -0.2) is 0 Å². The molecule has 3 rings (SSSR count). The van der Waals surface area contributed by atoms with Crippen LogP contribution in [0.1, 0.15) is 42.9 Å². The van der Waals surface area contributed by atoms with Crippen LogP contribution in [0.15, 0.2) is 42.7 Å². The molecular weight excluding hydrogens is 300 g/mol. The SMILES string of the molecule is CC[C@H](Oc1ccc2c(c1)CCCC2)C(=O)NCc1ccncc1. The predicted octanol–water partition coefficient (Wildman–Crippen LogP) is 3.43. The van der Waals surface area contributed by atoms with E-state index >= 15 is 0 Å². The van der Waals surface area contributed by atoms with E-state index < -0.39 is 6.10 Å². The minimum atomic E-state index is -0.464. The van der Waals surface area contributed by atoms with Crippen molar-refractivity contribution in [2.45, 2.75) is 51.7 Å². The first-order chi connectivity index (χ1) is 11.8. The number of hydrogen-bond donors (Lipinski definition) is 1. The number of ether oxygens (including phenoxy) is 1. The zero-order valence-electron chi connectivity index (χ0n) is 14.1. The molecule has 0 spiro atoms. The zero-order chi connectivity index (χ0) is 16.8. The minimum Gasteiger partial charge on any atom is -0.481 e. The van der Waals surface area contributed by atoms with Crippen LogP contribution in [-0.4, -0.2) is 17.0 Å². The Morgan fingerprint density at radius 3 is 2.67 bits per heavy atom. The van der Waals surface area contributed by atoms with Gasteiger partial charge in [-0.3, -0.25) is 9.78 Å². The summed E-state index contributed by atoms with van der Waals surface area (Å²) in [4.78, 5) is 16.4. The number of nitrogens with one attached hydrogen (secondary N) is 1. The van der Waals surface area contributed by atoms with Crippen LogP contribution >= 0.6 is 0 Å². The molecule has 0 radical (unpaired) electrons. The number of nitrogens with zero attached hydrogens (tertiary/aromatic N) is 1. The van der Waals surface area contributed by atoms with E-state index in [0.29, 0.717) is 13.0 Å². The molecule has 0 bridgehead atoms. The fraction of sp³-hybridized carbons (Fsp3) is 0.400. The molecule has 1 aliphatic rings. The Labute approximate surface area is 143 Å². The monoisotopic (exact) mass is 324 g/mol. The normalized spacial score (nSPS) is 14.5. The highest BCUT2D eigenvalue weighted by atomic mass is 16.5. The van der Waals surface area contributed by atoms with E-state index in [1.807, 2.05) is 25.1 Å². The number of pyridine rings is 1. The second-order valence-corrected chi connectivity index (χ2v) is 6.23. The molecule has 1 heterocycles. The first-order valence-corrected chi connectivity index (χ1v) is 8.71. The van der Waals surface area contributed by atoms with Gasteiger partial charge in [-0.1, -0.05) is 13.0 Å². The van der Waals surface area contributed by atoms with Crippen LogP contribution in [0.5, 0.6) is 5.75 Å².